The molecule has 1 saturated heterocycles. The summed E-state index contributed by atoms with van der Waals surface area (Å²) in [7, 11) is 2.06. The van der Waals surface area contributed by atoms with Crippen LogP contribution in [0.4, 0.5) is 5.69 Å². The van der Waals surface area contributed by atoms with Crippen LogP contribution in [0.2, 0.25) is 0 Å². The number of carbonyl (C=O) groups excluding carboxylic acids is 1. The molecular formula is C27H27N3O2. The van der Waals surface area contributed by atoms with Crippen LogP contribution in [-0.4, -0.2) is 41.4 Å². The van der Waals surface area contributed by atoms with Gasteiger partial charge in [-0.25, -0.2) is 4.99 Å². The predicted molar refractivity (Wildman–Crippen MR) is 127 cm³/mol. The summed E-state index contributed by atoms with van der Waals surface area (Å²) in [5.41, 5.74) is 5.64. The molecule has 5 heteroatoms. The minimum Gasteiger partial charge on any atom is -0.390 e. The number of amidine groups is 1. The molecule has 2 N–H and O–H groups in total. The molecule has 1 aliphatic carbocycles. The van der Waals surface area contributed by atoms with Gasteiger partial charge in [0.25, 0.3) is 5.91 Å². The molecule has 0 aromatic heterocycles. The van der Waals surface area contributed by atoms with Crippen molar-refractivity contribution < 1.29 is 9.90 Å². The van der Waals surface area contributed by atoms with E-state index in [2.05, 4.69) is 17.3 Å². The van der Waals surface area contributed by atoms with Crippen LogP contribution < -0.4 is 5.32 Å². The minimum atomic E-state index is -0.644. The monoisotopic (exact) mass is 425 g/mol. The van der Waals surface area contributed by atoms with E-state index in [0.717, 1.165) is 53.2 Å². The minimum absolute atomic E-state index is 0.186. The van der Waals surface area contributed by atoms with Crippen molar-refractivity contribution in [2.75, 3.05) is 13.6 Å². The number of benzene rings is 3. The summed E-state index contributed by atoms with van der Waals surface area (Å²) in [5.74, 6) is 0.899. The second kappa shape index (κ2) is 8.60. The molecule has 1 amide bonds. The smallest absolute Gasteiger partial charge is 0.251 e. The third kappa shape index (κ3) is 4.04. The summed E-state index contributed by atoms with van der Waals surface area (Å²) in [5, 5.41) is 13.7. The number of hydrogen-bond acceptors (Lipinski definition) is 3. The van der Waals surface area contributed by atoms with Gasteiger partial charge in [0.15, 0.2) is 0 Å². The van der Waals surface area contributed by atoms with Crippen molar-refractivity contribution in [2.24, 2.45) is 4.99 Å². The van der Waals surface area contributed by atoms with E-state index in [1.165, 1.54) is 0 Å². The molecule has 5 rings (SSSR count). The van der Waals surface area contributed by atoms with Crippen molar-refractivity contribution in [3.05, 3.63) is 89.5 Å². The number of aliphatic hydroxyl groups is 1. The number of amides is 1. The van der Waals surface area contributed by atoms with E-state index < -0.39 is 12.1 Å². The van der Waals surface area contributed by atoms with Crippen LogP contribution in [0.5, 0.6) is 0 Å². The van der Waals surface area contributed by atoms with Gasteiger partial charge in [-0.2, -0.15) is 0 Å². The standard InChI is InChI=1S/C27H27N3O2/c1-30-15-5-8-25(30)28-22-14-13-21-16-24(31)26(23(21)17-22)29-27(32)20-11-9-19(10-12-20)18-6-3-2-4-7-18/h2-4,6-7,9-14,17,24,26,31H,5,8,15-16H2,1H3,(H,29,32)/t24-,26?/m1/s1. The van der Waals surface area contributed by atoms with Crippen molar-refractivity contribution in [1.82, 2.24) is 10.2 Å². The fraction of sp³-hybridized carbons (Fsp3) is 0.259. The first-order chi connectivity index (χ1) is 15.6. The normalized spacial score (nSPS) is 21.1. The lowest BCUT2D eigenvalue weighted by Crippen LogP contribution is -2.33. The highest BCUT2D eigenvalue weighted by Gasteiger charge is 2.32. The number of nitrogens with zero attached hydrogens (tertiary/aromatic N) is 2. The first kappa shape index (κ1) is 20.5. The van der Waals surface area contributed by atoms with Crippen LogP contribution in [0.3, 0.4) is 0 Å². The molecule has 0 saturated carbocycles. The Morgan fingerprint density at radius 1 is 1.03 bits per heavy atom. The predicted octanol–water partition coefficient (Wildman–Crippen LogP) is 4.50. The van der Waals surface area contributed by atoms with Gasteiger partial charge in [0.1, 0.15) is 5.84 Å². The Balaban J connectivity index is 1.35. The maximum absolute atomic E-state index is 13.0. The highest BCUT2D eigenvalue weighted by Crippen LogP contribution is 2.35. The van der Waals surface area contributed by atoms with Crippen LogP contribution in [0.25, 0.3) is 11.1 Å². The summed E-state index contributed by atoms with van der Waals surface area (Å²) in [4.78, 5) is 19.9. The second-order valence-electron chi connectivity index (χ2n) is 8.60. The quantitative estimate of drug-likeness (QED) is 0.647. The first-order valence-corrected chi connectivity index (χ1v) is 11.1. The fourth-order valence-electron chi connectivity index (χ4n) is 4.61. The Labute approximate surface area is 188 Å². The Morgan fingerprint density at radius 3 is 2.50 bits per heavy atom. The zero-order valence-corrected chi connectivity index (χ0v) is 18.2. The highest BCUT2D eigenvalue weighted by atomic mass is 16.3. The molecule has 162 valence electrons. The summed E-state index contributed by atoms with van der Waals surface area (Å²) < 4.78 is 0. The van der Waals surface area contributed by atoms with E-state index in [9.17, 15) is 9.90 Å². The SMILES string of the molecule is CN1CCCC1=Nc1ccc2c(c1)C(NC(=O)c1ccc(-c3ccccc3)cc1)[C@H](O)C2. The Hall–Kier alpha value is -3.44. The average Bonchev–Trinajstić information content (AvgIpc) is 3.36. The second-order valence-corrected chi connectivity index (χ2v) is 8.60. The number of nitrogens with one attached hydrogen (secondary N) is 1. The maximum Gasteiger partial charge on any atom is 0.251 e. The molecule has 1 unspecified atom stereocenters. The lowest BCUT2D eigenvalue weighted by atomic mass is 10.0. The molecule has 1 aliphatic heterocycles. The van der Waals surface area contributed by atoms with E-state index >= 15 is 0 Å². The molecular weight excluding hydrogens is 398 g/mol. The van der Waals surface area contributed by atoms with Gasteiger partial charge in [0.05, 0.1) is 17.8 Å². The van der Waals surface area contributed by atoms with Crippen molar-refractivity contribution in [2.45, 2.75) is 31.4 Å². The lowest BCUT2D eigenvalue weighted by Gasteiger charge is -2.18. The lowest BCUT2D eigenvalue weighted by molar-refractivity contribution is 0.0858. The summed E-state index contributed by atoms with van der Waals surface area (Å²) in [6.45, 7) is 1.03. The van der Waals surface area contributed by atoms with Crippen LogP contribution >= 0.6 is 0 Å². The third-order valence-corrected chi connectivity index (χ3v) is 6.41. The molecule has 3 aromatic carbocycles. The largest absolute Gasteiger partial charge is 0.390 e. The molecule has 2 atom stereocenters. The summed E-state index contributed by atoms with van der Waals surface area (Å²) >= 11 is 0. The van der Waals surface area contributed by atoms with E-state index in [0.29, 0.717) is 12.0 Å². The highest BCUT2D eigenvalue weighted by molar-refractivity contribution is 5.95. The van der Waals surface area contributed by atoms with Gasteiger partial charge in [-0.1, -0.05) is 48.5 Å². The zero-order chi connectivity index (χ0) is 22.1. The number of carbonyl (C=O) groups is 1. The van der Waals surface area contributed by atoms with Crippen molar-refractivity contribution in [3.8, 4) is 11.1 Å². The van der Waals surface area contributed by atoms with Gasteiger partial charge >= 0.3 is 0 Å². The maximum atomic E-state index is 13.0. The molecule has 0 spiro atoms. The molecule has 2 aliphatic rings. The van der Waals surface area contributed by atoms with Crippen molar-refractivity contribution >= 4 is 17.4 Å². The molecule has 1 fully saturated rings. The Morgan fingerprint density at radius 2 is 1.78 bits per heavy atom. The van der Waals surface area contributed by atoms with Crippen molar-refractivity contribution in [1.29, 1.82) is 0 Å². The fourth-order valence-corrected chi connectivity index (χ4v) is 4.61. The molecule has 0 bridgehead atoms. The number of likely N-dealkylation sites (tertiary alicyclic amines) is 1. The first-order valence-electron chi connectivity index (χ1n) is 11.1. The number of fused-ring (bicyclic) bond motifs is 1. The number of hydrogen-bond donors (Lipinski definition) is 2. The Bertz CT molecular complexity index is 1160. The van der Waals surface area contributed by atoms with E-state index in [-0.39, 0.29) is 5.91 Å². The van der Waals surface area contributed by atoms with E-state index in [4.69, 9.17) is 4.99 Å². The van der Waals surface area contributed by atoms with Crippen LogP contribution in [0.15, 0.2) is 77.8 Å². The van der Waals surface area contributed by atoms with Crippen molar-refractivity contribution in [3.63, 3.8) is 0 Å². The molecule has 5 nitrogen and oxygen atoms in total. The topological polar surface area (TPSA) is 64.9 Å². The Kier molecular flexibility index (Phi) is 5.50. The average molecular weight is 426 g/mol. The van der Waals surface area contributed by atoms with Gasteiger partial charge in [-0.15, -0.1) is 0 Å². The molecule has 0 radical (unpaired) electrons. The number of aliphatic imine (C=N–C) groups is 1. The molecule has 1 heterocycles. The van der Waals surface area contributed by atoms with Gasteiger partial charge < -0.3 is 15.3 Å². The third-order valence-electron chi connectivity index (χ3n) is 6.41. The van der Waals surface area contributed by atoms with Crippen LogP contribution in [0, 0.1) is 0 Å². The molecule has 3 aromatic rings. The van der Waals surface area contributed by atoms with E-state index in [1.807, 2.05) is 72.8 Å². The zero-order valence-electron chi connectivity index (χ0n) is 18.2. The van der Waals surface area contributed by atoms with Gasteiger partial charge in [0, 0.05) is 32.0 Å². The van der Waals surface area contributed by atoms with Crippen LogP contribution in [-0.2, 0) is 6.42 Å². The molecule has 32 heavy (non-hydrogen) atoms. The number of rotatable bonds is 4. The van der Waals surface area contributed by atoms with Gasteiger partial charge in [0.2, 0.25) is 0 Å². The summed E-state index contributed by atoms with van der Waals surface area (Å²) in [6, 6.07) is 23.2. The summed E-state index contributed by atoms with van der Waals surface area (Å²) in [6.07, 6.45) is 2.00. The van der Waals surface area contributed by atoms with Crippen LogP contribution in [0.1, 0.15) is 40.4 Å². The van der Waals surface area contributed by atoms with E-state index in [1.54, 1.807) is 0 Å². The number of aliphatic hydroxyl groups excluding tert-OH is 1. The van der Waals surface area contributed by atoms with Gasteiger partial charge in [-0.05, 0) is 52.9 Å². The van der Waals surface area contributed by atoms with Gasteiger partial charge in [-0.3, -0.25) is 4.79 Å².